The Morgan fingerprint density at radius 3 is 2.58 bits per heavy atom. The van der Waals surface area contributed by atoms with Crippen LogP contribution in [0.5, 0.6) is 0 Å². The van der Waals surface area contributed by atoms with Crippen LogP contribution in [-0.2, 0) is 4.74 Å². The Labute approximate surface area is 73.6 Å². The SMILES string of the molecule is COCC(C)Nc1ccccc1. The number of benzene rings is 1. The Bertz CT molecular complexity index is 210. The first-order valence-electron chi connectivity index (χ1n) is 4.13. The van der Waals surface area contributed by atoms with Gasteiger partial charge in [0, 0.05) is 18.8 Å². The Hall–Kier alpha value is -1.02. The smallest absolute Gasteiger partial charge is 0.0661 e. The van der Waals surface area contributed by atoms with Gasteiger partial charge in [0.05, 0.1) is 6.61 Å². The van der Waals surface area contributed by atoms with Gasteiger partial charge >= 0.3 is 0 Å². The van der Waals surface area contributed by atoms with E-state index in [1.165, 1.54) is 0 Å². The van der Waals surface area contributed by atoms with Crippen LogP contribution in [0.3, 0.4) is 0 Å². The fourth-order valence-electron chi connectivity index (χ4n) is 1.11. The number of methoxy groups -OCH3 is 1. The molecule has 0 fully saturated rings. The van der Waals surface area contributed by atoms with Gasteiger partial charge in [-0.15, -0.1) is 0 Å². The quantitative estimate of drug-likeness (QED) is 0.738. The molecule has 0 saturated carbocycles. The molecule has 2 nitrogen and oxygen atoms in total. The third-order valence-corrected chi connectivity index (χ3v) is 1.60. The van der Waals surface area contributed by atoms with E-state index >= 15 is 0 Å². The maximum absolute atomic E-state index is 5.01. The topological polar surface area (TPSA) is 21.3 Å². The minimum Gasteiger partial charge on any atom is -0.383 e. The van der Waals surface area contributed by atoms with Gasteiger partial charge in [0.15, 0.2) is 0 Å². The van der Waals surface area contributed by atoms with Gasteiger partial charge in [-0.25, -0.2) is 0 Å². The van der Waals surface area contributed by atoms with Gasteiger partial charge in [-0.2, -0.15) is 0 Å². The van der Waals surface area contributed by atoms with Crippen molar-refractivity contribution < 1.29 is 4.74 Å². The Kier molecular flexibility index (Phi) is 3.61. The summed E-state index contributed by atoms with van der Waals surface area (Å²) in [5, 5.41) is 3.32. The fraction of sp³-hybridized carbons (Fsp3) is 0.400. The van der Waals surface area contributed by atoms with Gasteiger partial charge in [-0.1, -0.05) is 18.2 Å². The molecule has 0 saturated heterocycles. The molecule has 2 heteroatoms. The van der Waals surface area contributed by atoms with Crippen molar-refractivity contribution in [1.82, 2.24) is 0 Å². The number of hydrogen-bond acceptors (Lipinski definition) is 2. The van der Waals surface area contributed by atoms with Gasteiger partial charge in [-0.05, 0) is 19.1 Å². The zero-order chi connectivity index (χ0) is 8.81. The number of para-hydroxylation sites is 1. The monoisotopic (exact) mass is 165 g/mol. The summed E-state index contributed by atoms with van der Waals surface area (Å²) in [7, 11) is 1.71. The lowest BCUT2D eigenvalue weighted by Crippen LogP contribution is -2.20. The van der Waals surface area contributed by atoms with E-state index in [2.05, 4.69) is 12.2 Å². The summed E-state index contributed by atoms with van der Waals surface area (Å²) in [6, 6.07) is 10.5. The molecule has 0 spiro atoms. The third kappa shape index (κ3) is 2.93. The van der Waals surface area contributed by atoms with Gasteiger partial charge in [0.2, 0.25) is 0 Å². The van der Waals surface area contributed by atoms with Crippen LogP contribution in [0, 0.1) is 0 Å². The van der Waals surface area contributed by atoms with Crippen molar-refractivity contribution in [2.24, 2.45) is 0 Å². The van der Waals surface area contributed by atoms with Gasteiger partial charge < -0.3 is 10.1 Å². The largest absolute Gasteiger partial charge is 0.383 e. The van der Waals surface area contributed by atoms with Crippen LogP contribution in [0.4, 0.5) is 5.69 Å². The summed E-state index contributed by atoms with van der Waals surface area (Å²) >= 11 is 0. The van der Waals surface area contributed by atoms with Gasteiger partial charge in [0.25, 0.3) is 0 Å². The first-order valence-corrected chi connectivity index (χ1v) is 4.13. The fourth-order valence-corrected chi connectivity index (χ4v) is 1.11. The lowest BCUT2D eigenvalue weighted by atomic mass is 10.3. The predicted octanol–water partition coefficient (Wildman–Crippen LogP) is 2.13. The van der Waals surface area contributed by atoms with Crippen molar-refractivity contribution >= 4 is 5.69 Å². The highest BCUT2D eigenvalue weighted by Gasteiger charge is 1.98. The van der Waals surface area contributed by atoms with E-state index in [0.29, 0.717) is 6.04 Å². The van der Waals surface area contributed by atoms with E-state index in [9.17, 15) is 0 Å². The minimum atomic E-state index is 0.359. The van der Waals surface area contributed by atoms with E-state index in [-0.39, 0.29) is 0 Å². The highest BCUT2D eigenvalue weighted by molar-refractivity contribution is 5.43. The number of anilines is 1. The van der Waals surface area contributed by atoms with E-state index in [1.807, 2.05) is 30.3 Å². The standard InChI is InChI=1S/C10H15NO/c1-9(8-12-2)11-10-6-4-3-5-7-10/h3-7,9,11H,8H2,1-2H3. The van der Waals surface area contributed by atoms with Gasteiger partial charge in [0.1, 0.15) is 0 Å². The summed E-state index contributed by atoms with van der Waals surface area (Å²) < 4.78 is 5.01. The van der Waals surface area contributed by atoms with Crippen LogP contribution in [-0.4, -0.2) is 19.8 Å². The molecule has 66 valence electrons. The molecule has 1 unspecified atom stereocenters. The summed E-state index contributed by atoms with van der Waals surface area (Å²) in [6.07, 6.45) is 0. The Morgan fingerprint density at radius 2 is 2.00 bits per heavy atom. The van der Waals surface area contributed by atoms with Gasteiger partial charge in [-0.3, -0.25) is 0 Å². The highest BCUT2D eigenvalue weighted by Crippen LogP contribution is 2.06. The van der Waals surface area contributed by atoms with Crippen LogP contribution in [0.15, 0.2) is 30.3 Å². The number of rotatable bonds is 4. The molecule has 1 atom stereocenters. The van der Waals surface area contributed by atoms with Crippen LogP contribution >= 0.6 is 0 Å². The summed E-state index contributed by atoms with van der Waals surface area (Å²) in [4.78, 5) is 0. The maximum Gasteiger partial charge on any atom is 0.0661 e. The second kappa shape index (κ2) is 4.78. The molecule has 12 heavy (non-hydrogen) atoms. The lowest BCUT2D eigenvalue weighted by Gasteiger charge is -2.13. The molecule has 0 heterocycles. The van der Waals surface area contributed by atoms with Crippen LogP contribution in [0.2, 0.25) is 0 Å². The van der Waals surface area contributed by atoms with Crippen molar-refractivity contribution in [3.63, 3.8) is 0 Å². The summed E-state index contributed by atoms with van der Waals surface area (Å²) in [5.41, 5.74) is 1.14. The molecule has 0 aromatic heterocycles. The summed E-state index contributed by atoms with van der Waals surface area (Å²) in [6.45, 7) is 2.82. The van der Waals surface area contributed by atoms with E-state index < -0.39 is 0 Å². The minimum absolute atomic E-state index is 0.359. The van der Waals surface area contributed by atoms with Crippen molar-refractivity contribution in [3.05, 3.63) is 30.3 Å². The Balaban J connectivity index is 2.41. The second-order valence-electron chi connectivity index (χ2n) is 2.87. The molecule has 0 amide bonds. The number of hydrogen-bond donors (Lipinski definition) is 1. The molecular weight excluding hydrogens is 150 g/mol. The predicted molar refractivity (Wildman–Crippen MR) is 51.4 cm³/mol. The van der Waals surface area contributed by atoms with Crippen LogP contribution < -0.4 is 5.32 Å². The van der Waals surface area contributed by atoms with Crippen LogP contribution in [0.25, 0.3) is 0 Å². The third-order valence-electron chi connectivity index (χ3n) is 1.60. The molecule has 1 rings (SSSR count). The average Bonchev–Trinajstić information content (AvgIpc) is 2.06. The first-order chi connectivity index (χ1) is 5.83. The molecule has 0 bridgehead atoms. The summed E-state index contributed by atoms with van der Waals surface area (Å²) in [5.74, 6) is 0. The normalized spacial score (nSPS) is 12.5. The van der Waals surface area contributed by atoms with Crippen molar-refractivity contribution in [2.75, 3.05) is 19.0 Å². The molecule has 1 aromatic rings. The maximum atomic E-state index is 5.01. The van der Waals surface area contributed by atoms with E-state index in [1.54, 1.807) is 7.11 Å². The average molecular weight is 165 g/mol. The van der Waals surface area contributed by atoms with E-state index in [0.717, 1.165) is 12.3 Å². The molecule has 0 aliphatic heterocycles. The molecule has 1 N–H and O–H groups in total. The molecule has 0 radical (unpaired) electrons. The second-order valence-corrected chi connectivity index (χ2v) is 2.87. The Morgan fingerprint density at radius 1 is 1.33 bits per heavy atom. The zero-order valence-corrected chi connectivity index (χ0v) is 7.58. The van der Waals surface area contributed by atoms with Crippen LogP contribution in [0.1, 0.15) is 6.92 Å². The number of ether oxygens (including phenoxy) is 1. The molecule has 0 aliphatic rings. The zero-order valence-electron chi connectivity index (χ0n) is 7.58. The molecular formula is C10H15NO. The van der Waals surface area contributed by atoms with Crippen molar-refractivity contribution in [2.45, 2.75) is 13.0 Å². The highest BCUT2D eigenvalue weighted by atomic mass is 16.5. The van der Waals surface area contributed by atoms with Crippen molar-refractivity contribution in [3.8, 4) is 0 Å². The first kappa shape index (κ1) is 9.07. The lowest BCUT2D eigenvalue weighted by molar-refractivity contribution is 0.190. The number of nitrogens with one attached hydrogen (secondary N) is 1. The van der Waals surface area contributed by atoms with E-state index in [4.69, 9.17) is 4.74 Å². The molecule has 0 aliphatic carbocycles. The molecule has 1 aromatic carbocycles. The van der Waals surface area contributed by atoms with Crippen molar-refractivity contribution in [1.29, 1.82) is 0 Å².